The molecule has 0 aromatic rings. The minimum absolute atomic E-state index is 0.0624. The zero-order chi connectivity index (χ0) is 14.5. The van der Waals surface area contributed by atoms with Gasteiger partial charge in [-0.3, -0.25) is 9.59 Å². The highest BCUT2D eigenvalue weighted by atomic mass is 32.2. The standard InChI is InChI=1S/C10H19N3O5S/c1-2-18-10(15)8-4-3-5-13(7-8)19(16,17)12-6-9(11)14/h8,12H,2-7H2,1H3,(H2,11,14). The molecule has 0 aromatic heterocycles. The Morgan fingerprint density at radius 1 is 1.47 bits per heavy atom. The predicted octanol–water partition coefficient (Wildman–Crippen LogP) is -1.42. The van der Waals surface area contributed by atoms with Crippen LogP contribution in [0.3, 0.4) is 0 Å². The largest absolute Gasteiger partial charge is 0.466 e. The maximum absolute atomic E-state index is 11.9. The molecule has 0 spiro atoms. The van der Waals surface area contributed by atoms with Crippen molar-refractivity contribution in [2.75, 3.05) is 26.2 Å². The van der Waals surface area contributed by atoms with Gasteiger partial charge in [0.15, 0.2) is 0 Å². The zero-order valence-electron chi connectivity index (χ0n) is 10.8. The maximum Gasteiger partial charge on any atom is 0.310 e. The van der Waals surface area contributed by atoms with Gasteiger partial charge >= 0.3 is 5.97 Å². The van der Waals surface area contributed by atoms with E-state index in [1.54, 1.807) is 6.92 Å². The van der Waals surface area contributed by atoms with Crippen molar-refractivity contribution in [1.82, 2.24) is 9.03 Å². The van der Waals surface area contributed by atoms with Crippen molar-refractivity contribution in [1.29, 1.82) is 0 Å². The van der Waals surface area contributed by atoms with Crippen LogP contribution in [0.1, 0.15) is 19.8 Å². The van der Waals surface area contributed by atoms with Gasteiger partial charge in [0.05, 0.1) is 19.1 Å². The summed E-state index contributed by atoms with van der Waals surface area (Å²) in [6.45, 7) is 1.88. The van der Waals surface area contributed by atoms with E-state index >= 15 is 0 Å². The molecule has 0 aliphatic carbocycles. The fourth-order valence-corrected chi connectivity index (χ4v) is 3.12. The molecule has 1 amide bonds. The van der Waals surface area contributed by atoms with Gasteiger partial charge in [-0.05, 0) is 19.8 Å². The van der Waals surface area contributed by atoms with Gasteiger partial charge < -0.3 is 10.5 Å². The molecule has 19 heavy (non-hydrogen) atoms. The third-order valence-corrected chi connectivity index (χ3v) is 4.29. The van der Waals surface area contributed by atoms with E-state index in [1.165, 1.54) is 0 Å². The van der Waals surface area contributed by atoms with Crippen molar-refractivity contribution in [3.63, 3.8) is 0 Å². The molecule has 3 N–H and O–H groups in total. The summed E-state index contributed by atoms with van der Waals surface area (Å²) in [5.74, 6) is -1.61. The molecule has 8 nitrogen and oxygen atoms in total. The van der Waals surface area contributed by atoms with Crippen molar-refractivity contribution in [2.45, 2.75) is 19.8 Å². The summed E-state index contributed by atoms with van der Waals surface area (Å²) in [5.41, 5.74) is 4.89. The summed E-state index contributed by atoms with van der Waals surface area (Å²) in [4.78, 5) is 22.2. The summed E-state index contributed by atoms with van der Waals surface area (Å²) < 4.78 is 31.9. The molecule has 0 radical (unpaired) electrons. The van der Waals surface area contributed by atoms with Crippen LogP contribution in [-0.2, 0) is 24.5 Å². The molecule has 1 saturated heterocycles. The normalized spacial score (nSPS) is 21.0. The third-order valence-electron chi connectivity index (χ3n) is 2.77. The van der Waals surface area contributed by atoms with E-state index in [9.17, 15) is 18.0 Å². The Labute approximate surface area is 112 Å². The molecule has 0 aromatic carbocycles. The Kier molecular flexibility index (Phi) is 5.70. The smallest absolute Gasteiger partial charge is 0.310 e. The van der Waals surface area contributed by atoms with Gasteiger partial charge in [-0.25, -0.2) is 0 Å². The highest BCUT2D eigenvalue weighted by Gasteiger charge is 2.32. The lowest BCUT2D eigenvalue weighted by atomic mass is 10.0. The summed E-state index contributed by atoms with van der Waals surface area (Å²) in [6, 6.07) is 0. The van der Waals surface area contributed by atoms with E-state index in [4.69, 9.17) is 10.5 Å². The Balaban J connectivity index is 2.63. The summed E-state index contributed by atoms with van der Waals surface area (Å²) >= 11 is 0. The van der Waals surface area contributed by atoms with E-state index in [1.807, 2.05) is 0 Å². The Morgan fingerprint density at radius 3 is 2.74 bits per heavy atom. The maximum atomic E-state index is 11.9. The second-order valence-electron chi connectivity index (χ2n) is 4.24. The van der Waals surface area contributed by atoms with Gasteiger partial charge in [0.1, 0.15) is 0 Å². The van der Waals surface area contributed by atoms with Crippen LogP contribution < -0.4 is 10.5 Å². The molecule has 1 fully saturated rings. The molecule has 110 valence electrons. The van der Waals surface area contributed by atoms with Crippen molar-refractivity contribution in [3.05, 3.63) is 0 Å². The SMILES string of the molecule is CCOC(=O)C1CCCN(S(=O)(=O)NCC(N)=O)C1. The number of hydrogen-bond donors (Lipinski definition) is 2. The van der Waals surface area contributed by atoms with Crippen LogP contribution in [-0.4, -0.2) is 50.8 Å². The molecule has 1 heterocycles. The van der Waals surface area contributed by atoms with Crippen molar-refractivity contribution in [3.8, 4) is 0 Å². The van der Waals surface area contributed by atoms with Gasteiger partial charge in [-0.15, -0.1) is 0 Å². The molecule has 1 atom stereocenters. The lowest BCUT2D eigenvalue weighted by molar-refractivity contribution is -0.149. The van der Waals surface area contributed by atoms with E-state index in [0.717, 1.165) is 4.31 Å². The lowest BCUT2D eigenvalue weighted by Crippen LogP contribution is -2.49. The molecule has 0 saturated carbocycles. The van der Waals surface area contributed by atoms with E-state index in [2.05, 4.69) is 4.72 Å². The summed E-state index contributed by atoms with van der Waals surface area (Å²) in [6.07, 6.45) is 1.17. The van der Waals surface area contributed by atoms with Crippen LogP contribution in [0.2, 0.25) is 0 Å². The van der Waals surface area contributed by atoms with Gasteiger partial charge in [0.2, 0.25) is 5.91 Å². The fraction of sp³-hybridized carbons (Fsp3) is 0.800. The second-order valence-corrected chi connectivity index (χ2v) is 6.00. The number of nitrogens with two attached hydrogens (primary N) is 1. The summed E-state index contributed by atoms with van der Waals surface area (Å²) in [5, 5.41) is 0. The number of rotatable bonds is 6. The molecular weight excluding hydrogens is 274 g/mol. The molecule has 1 unspecified atom stereocenters. The fourth-order valence-electron chi connectivity index (χ4n) is 1.87. The van der Waals surface area contributed by atoms with Gasteiger partial charge in [-0.2, -0.15) is 17.4 Å². The van der Waals surface area contributed by atoms with Crippen LogP contribution >= 0.6 is 0 Å². The first-order valence-corrected chi connectivity index (χ1v) is 7.50. The Morgan fingerprint density at radius 2 is 2.16 bits per heavy atom. The van der Waals surface area contributed by atoms with Crippen molar-refractivity contribution >= 4 is 22.1 Å². The Bertz CT molecular complexity index is 436. The second kappa shape index (κ2) is 6.83. The van der Waals surface area contributed by atoms with Crippen LogP contribution in [0.15, 0.2) is 0 Å². The van der Waals surface area contributed by atoms with Crippen LogP contribution in [0.25, 0.3) is 0 Å². The number of carbonyl (C=O) groups is 2. The third kappa shape index (κ3) is 4.77. The first kappa shape index (κ1) is 15.9. The Hall–Kier alpha value is -1.19. The predicted molar refractivity (Wildman–Crippen MR) is 67.0 cm³/mol. The number of hydrogen-bond acceptors (Lipinski definition) is 5. The first-order chi connectivity index (χ1) is 8.86. The number of amides is 1. The van der Waals surface area contributed by atoms with Crippen molar-refractivity contribution < 1.29 is 22.7 Å². The van der Waals surface area contributed by atoms with Crippen LogP contribution in [0, 0.1) is 5.92 Å². The molecule has 9 heteroatoms. The average molecular weight is 293 g/mol. The van der Waals surface area contributed by atoms with Gasteiger partial charge in [-0.1, -0.05) is 0 Å². The van der Waals surface area contributed by atoms with Gasteiger partial charge in [0.25, 0.3) is 10.2 Å². The molecular formula is C10H19N3O5S. The number of piperidine rings is 1. The van der Waals surface area contributed by atoms with E-state index < -0.39 is 34.5 Å². The summed E-state index contributed by atoms with van der Waals surface area (Å²) in [7, 11) is -3.79. The van der Waals surface area contributed by atoms with Crippen LogP contribution in [0.5, 0.6) is 0 Å². The minimum Gasteiger partial charge on any atom is -0.466 e. The number of esters is 1. The minimum atomic E-state index is -3.79. The number of nitrogens with zero attached hydrogens (tertiary/aromatic N) is 1. The number of nitrogens with one attached hydrogen (secondary N) is 1. The number of carbonyl (C=O) groups excluding carboxylic acids is 2. The average Bonchev–Trinajstić information content (AvgIpc) is 2.37. The molecule has 1 aliphatic rings. The van der Waals surface area contributed by atoms with E-state index in [0.29, 0.717) is 19.4 Å². The van der Waals surface area contributed by atoms with Crippen LogP contribution in [0.4, 0.5) is 0 Å². The first-order valence-electron chi connectivity index (χ1n) is 6.06. The highest BCUT2D eigenvalue weighted by molar-refractivity contribution is 7.87. The zero-order valence-corrected chi connectivity index (χ0v) is 11.6. The lowest BCUT2D eigenvalue weighted by Gasteiger charge is -2.30. The monoisotopic (exact) mass is 293 g/mol. The quantitative estimate of drug-likeness (QED) is 0.583. The highest BCUT2D eigenvalue weighted by Crippen LogP contribution is 2.19. The molecule has 1 aliphatic heterocycles. The topological polar surface area (TPSA) is 119 Å². The molecule has 0 bridgehead atoms. The van der Waals surface area contributed by atoms with Gasteiger partial charge in [0, 0.05) is 13.1 Å². The van der Waals surface area contributed by atoms with Crippen molar-refractivity contribution in [2.24, 2.45) is 11.7 Å². The molecule has 1 rings (SSSR count). The number of ether oxygens (including phenoxy) is 1. The number of primary amides is 1. The van der Waals surface area contributed by atoms with E-state index in [-0.39, 0.29) is 13.2 Å².